The van der Waals surface area contributed by atoms with E-state index in [1.165, 1.54) is 0 Å². The summed E-state index contributed by atoms with van der Waals surface area (Å²) in [7, 11) is 0. The van der Waals surface area contributed by atoms with Crippen LogP contribution in [0.1, 0.15) is 13.8 Å². The van der Waals surface area contributed by atoms with Gasteiger partial charge in [-0.05, 0) is 24.1 Å². The molecule has 5 N–H and O–H groups in total. The van der Waals surface area contributed by atoms with Gasteiger partial charge in [0, 0.05) is 23.5 Å². The molecule has 32 heavy (non-hydrogen) atoms. The summed E-state index contributed by atoms with van der Waals surface area (Å²) in [6, 6.07) is 15.9. The van der Waals surface area contributed by atoms with E-state index in [1.807, 2.05) is 48.8 Å². The number of fused-ring (bicyclic) bond motifs is 6. The maximum Gasteiger partial charge on any atom is 0.198 e. The molecule has 0 aliphatic rings. The molecule has 8 heteroatoms. The summed E-state index contributed by atoms with van der Waals surface area (Å²) in [4.78, 5) is 20.2. The quantitative estimate of drug-likeness (QED) is 0.375. The fourth-order valence-corrected chi connectivity index (χ4v) is 3.97. The summed E-state index contributed by atoms with van der Waals surface area (Å²) in [6.45, 7) is 5.32. The number of para-hydroxylation sites is 1. The zero-order chi connectivity index (χ0) is 22.2. The lowest BCUT2D eigenvalue weighted by molar-refractivity contribution is 0.533. The van der Waals surface area contributed by atoms with Crippen LogP contribution in [0.25, 0.3) is 43.9 Å². The van der Waals surface area contributed by atoms with Gasteiger partial charge in [0.1, 0.15) is 5.52 Å². The predicted molar refractivity (Wildman–Crippen MR) is 130 cm³/mol. The second kappa shape index (κ2) is 7.81. The summed E-state index contributed by atoms with van der Waals surface area (Å²) < 4.78 is 2.17. The van der Waals surface area contributed by atoms with Gasteiger partial charge in [0.05, 0.1) is 33.9 Å². The molecule has 8 nitrogen and oxygen atoms in total. The van der Waals surface area contributed by atoms with Crippen molar-refractivity contribution in [1.29, 1.82) is 0 Å². The number of hydrogen-bond acceptors (Lipinski definition) is 6. The second-order valence-corrected chi connectivity index (χ2v) is 8.16. The van der Waals surface area contributed by atoms with Crippen molar-refractivity contribution in [3.8, 4) is 0 Å². The first-order valence-corrected chi connectivity index (χ1v) is 10.5. The van der Waals surface area contributed by atoms with Crippen molar-refractivity contribution in [2.24, 2.45) is 5.92 Å². The lowest BCUT2D eigenvalue weighted by Gasteiger charge is -2.09. The van der Waals surface area contributed by atoms with Crippen LogP contribution in [0.4, 0.5) is 11.8 Å². The van der Waals surface area contributed by atoms with Crippen molar-refractivity contribution in [3.63, 3.8) is 0 Å². The van der Waals surface area contributed by atoms with Crippen LogP contribution in [-0.2, 0) is 6.54 Å². The van der Waals surface area contributed by atoms with Crippen LogP contribution in [0.5, 0.6) is 0 Å². The van der Waals surface area contributed by atoms with Gasteiger partial charge in [-0.25, -0.2) is 15.0 Å². The number of aromatic amines is 1. The highest BCUT2D eigenvalue weighted by molar-refractivity contribution is 6.06. The molecule has 0 unspecified atom stereocenters. The van der Waals surface area contributed by atoms with Gasteiger partial charge >= 0.3 is 0 Å². The van der Waals surface area contributed by atoms with Gasteiger partial charge in [-0.1, -0.05) is 44.2 Å². The van der Waals surface area contributed by atoms with Crippen LogP contribution in [-0.4, -0.2) is 29.5 Å². The number of H-pyrrole nitrogens is 1. The average molecular weight is 425 g/mol. The Balaban J connectivity index is 0.000000139. The van der Waals surface area contributed by atoms with Gasteiger partial charge in [-0.3, -0.25) is 4.98 Å². The number of aromatic nitrogens is 6. The minimum Gasteiger partial charge on any atom is -0.382 e. The molecule has 0 saturated heterocycles. The van der Waals surface area contributed by atoms with Crippen LogP contribution in [0, 0.1) is 5.92 Å². The largest absolute Gasteiger partial charge is 0.382 e. The number of imidazole rings is 2. The molecule has 4 aromatic heterocycles. The minimum absolute atomic E-state index is 0.429. The molecule has 2 aromatic carbocycles. The molecule has 0 amide bonds. The van der Waals surface area contributed by atoms with Gasteiger partial charge in [0.2, 0.25) is 0 Å². The number of nitrogens with two attached hydrogens (primary N) is 2. The number of nitrogen functional groups attached to an aromatic ring is 2. The molecule has 0 aliphatic carbocycles. The highest BCUT2D eigenvalue weighted by Crippen LogP contribution is 2.27. The Hall–Kier alpha value is -4.20. The molecule has 0 fully saturated rings. The standard InChI is InChI=1S/C14H16N4.C10H8N4/c1-9(2)7-18-8-16-12-13(18)10-5-3-4-6-11(10)17-14(12)15;11-10-13-7-4-3-6-2-1-5-12-8(6)9(7)14-10/h3-6,8-9H,7H2,1-2H3,(H2,15,17);1-5H,(H3,11,13,14). The van der Waals surface area contributed by atoms with Gasteiger partial charge < -0.3 is 21.0 Å². The topological polar surface area (TPSA) is 124 Å². The van der Waals surface area contributed by atoms with E-state index in [9.17, 15) is 0 Å². The lowest BCUT2D eigenvalue weighted by Crippen LogP contribution is -2.03. The zero-order valence-corrected chi connectivity index (χ0v) is 17.9. The molecule has 0 aliphatic heterocycles. The second-order valence-electron chi connectivity index (χ2n) is 8.16. The zero-order valence-electron chi connectivity index (χ0n) is 17.9. The average Bonchev–Trinajstić information content (AvgIpc) is 3.37. The first-order chi connectivity index (χ1) is 15.5. The number of nitrogens with zero attached hydrogens (tertiary/aromatic N) is 5. The van der Waals surface area contributed by atoms with Gasteiger partial charge in [-0.15, -0.1) is 0 Å². The van der Waals surface area contributed by atoms with Crippen LogP contribution in [0.3, 0.4) is 0 Å². The van der Waals surface area contributed by atoms with Crippen molar-refractivity contribution < 1.29 is 0 Å². The van der Waals surface area contributed by atoms with Gasteiger partial charge in [-0.2, -0.15) is 0 Å². The van der Waals surface area contributed by atoms with Crippen LogP contribution >= 0.6 is 0 Å². The molecular formula is C24H24N8. The van der Waals surface area contributed by atoms with Crippen molar-refractivity contribution in [1.82, 2.24) is 29.5 Å². The van der Waals surface area contributed by atoms with E-state index < -0.39 is 0 Å². The normalized spacial score (nSPS) is 11.5. The van der Waals surface area contributed by atoms with Crippen LogP contribution < -0.4 is 11.5 Å². The van der Waals surface area contributed by atoms with Crippen molar-refractivity contribution >= 4 is 55.6 Å². The summed E-state index contributed by atoms with van der Waals surface area (Å²) in [5, 5.41) is 2.20. The SMILES string of the molecule is CC(C)Cn1cnc2c(N)nc3ccccc3c21.Nc1nc2ccc3cccnc3c2[nH]1. The highest BCUT2D eigenvalue weighted by atomic mass is 15.1. The van der Waals surface area contributed by atoms with E-state index in [2.05, 4.69) is 49.4 Å². The number of benzene rings is 2. The fourth-order valence-electron chi connectivity index (χ4n) is 3.97. The van der Waals surface area contributed by atoms with Gasteiger partial charge in [0.15, 0.2) is 11.8 Å². The van der Waals surface area contributed by atoms with E-state index in [4.69, 9.17) is 11.5 Å². The summed E-state index contributed by atoms with van der Waals surface area (Å²) in [6.07, 6.45) is 3.62. The van der Waals surface area contributed by atoms with E-state index in [1.54, 1.807) is 6.20 Å². The number of nitrogens with one attached hydrogen (secondary N) is 1. The van der Waals surface area contributed by atoms with Crippen molar-refractivity contribution in [3.05, 3.63) is 61.1 Å². The number of pyridine rings is 2. The van der Waals surface area contributed by atoms with Crippen LogP contribution in [0.15, 0.2) is 61.1 Å². The molecule has 6 rings (SSSR count). The van der Waals surface area contributed by atoms with Gasteiger partial charge in [0.25, 0.3) is 0 Å². The molecule has 0 radical (unpaired) electrons. The maximum atomic E-state index is 5.98. The van der Waals surface area contributed by atoms with E-state index in [0.29, 0.717) is 17.7 Å². The van der Waals surface area contributed by atoms with E-state index in [-0.39, 0.29) is 0 Å². The third-order valence-corrected chi connectivity index (χ3v) is 5.29. The minimum atomic E-state index is 0.429. The smallest absolute Gasteiger partial charge is 0.198 e. The first kappa shape index (κ1) is 19.7. The molecule has 0 bridgehead atoms. The Bertz CT molecular complexity index is 1560. The van der Waals surface area contributed by atoms with E-state index >= 15 is 0 Å². The molecule has 6 aromatic rings. The molecule has 0 saturated carbocycles. The molecule has 0 atom stereocenters. The summed E-state index contributed by atoms with van der Waals surface area (Å²) >= 11 is 0. The lowest BCUT2D eigenvalue weighted by atomic mass is 10.1. The summed E-state index contributed by atoms with van der Waals surface area (Å²) in [5.74, 6) is 1.50. The maximum absolute atomic E-state index is 5.98. The molecule has 4 heterocycles. The van der Waals surface area contributed by atoms with Crippen molar-refractivity contribution in [2.75, 3.05) is 11.5 Å². The number of anilines is 2. The Kier molecular flexibility index (Phi) is 4.82. The predicted octanol–water partition coefficient (Wildman–Crippen LogP) is 4.52. The first-order valence-electron chi connectivity index (χ1n) is 10.5. The highest BCUT2D eigenvalue weighted by Gasteiger charge is 2.12. The Morgan fingerprint density at radius 2 is 1.75 bits per heavy atom. The molecular weight excluding hydrogens is 400 g/mol. The summed E-state index contributed by atoms with van der Waals surface area (Å²) in [5.41, 5.74) is 17.1. The third-order valence-electron chi connectivity index (χ3n) is 5.29. The Morgan fingerprint density at radius 1 is 0.906 bits per heavy atom. The van der Waals surface area contributed by atoms with Crippen LogP contribution in [0.2, 0.25) is 0 Å². The monoisotopic (exact) mass is 424 g/mol. The molecule has 160 valence electrons. The third kappa shape index (κ3) is 3.45. The number of hydrogen-bond donors (Lipinski definition) is 3. The number of rotatable bonds is 2. The Morgan fingerprint density at radius 3 is 2.59 bits per heavy atom. The van der Waals surface area contributed by atoms with E-state index in [0.717, 1.165) is 50.4 Å². The molecule has 0 spiro atoms. The fraction of sp³-hybridized carbons (Fsp3) is 0.167. The van der Waals surface area contributed by atoms with Crippen molar-refractivity contribution in [2.45, 2.75) is 20.4 Å². The Labute approximate surface area is 184 Å².